The Morgan fingerprint density at radius 2 is 1.93 bits per heavy atom. The van der Waals surface area contributed by atoms with Crippen LogP contribution >= 0.6 is 27.7 Å². The van der Waals surface area contributed by atoms with Gasteiger partial charge in [0.05, 0.1) is 16.0 Å². The number of hydrogen-bond donors (Lipinski definition) is 1. The maximum atomic E-state index is 12.4. The van der Waals surface area contributed by atoms with Crippen LogP contribution in [0.2, 0.25) is 0 Å². The lowest BCUT2D eigenvalue weighted by Crippen LogP contribution is -2.33. The van der Waals surface area contributed by atoms with E-state index in [2.05, 4.69) is 15.9 Å². The van der Waals surface area contributed by atoms with E-state index in [1.807, 2.05) is 37.3 Å². The monoisotopic (exact) mass is 491 g/mol. The van der Waals surface area contributed by atoms with Crippen molar-refractivity contribution in [3.63, 3.8) is 0 Å². The number of aliphatic carboxylic acids is 1. The van der Waals surface area contributed by atoms with Gasteiger partial charge in [-0.15, -0.1) is 0 Å². The van der Waals surface area contributed by atoms with E-state index in [-0.39, 0.29) is 4.91 Å². The number of carboxylic acid groups (broad SMARTS) is 1. The van der Waals surface area contributed by atoms with E-state index in [9.17, 15) is 14.4 Å². The summed E-state index contributed by atoms with van der Waals surface area (Å²) in [6.45, 7) is 1.95. The van der Waals surface area contributed by atoms with E-state index in [1.165, 1.54) is 6.08 Å². The Morgan fingerprint density at radius 3 is 2.60 bits per heavy atom. The third-order valence-corrected chi connectivity index (χ3v) is 5.52. The SMILES string of the molecule is CCOc1cc(/C=C2/SC(=O)N(CC(=O)O)C2=O)cc(Br)c1OCc1ccccc1. The van der Waals surface area contributed by atoms with Crippen molar-refractivity contribution in [1.29, 1.82) is 0 Å². The lowest BCUT2D eigenvalue weighted by Gasteiger charge is -2.15. The molecule has 2 aromatic carbocycles. The molecule has 1 heterocycles. The summed E-state index contributed by atoms with van der Waals surface area (Å²) < 4.78 is 12.3. The molecule has 9 heteroatoms. The molecule has 1 N–H and O–H groups in total. The number of amides is 2. The van der Waals surface area contributed by atoms with E-state index < -0.39 is 23.7 Å². The van der Waals surface area contributed by atoms with Crippen molar-refractivity contribution < 1.29 is 29.0 Å². The summed E-state index contributed by atoms with van der Waals surface area (Å²) in [6.07, 6.45) is 1.53. The van der Waals surface area contributed by atoms with Crippen LogP contribution in [-0.4, -0.2) is 40.3 Å². The molecule has 0 aliphatic carbocycles. The third-order valence-electron chi connectivity index (χ3n) is 4.02. The molecule has 0 bridgehead atoms. The zero-order valence-electron chi connectivity index (χ0n) is 16.0. The van der Waals surface area contributed by atoms with Gasteiger partial charge < -0.3 is 14.6 Å². The first-order valence-corrected chi connectivity index (χ1v) is 10.6. The number of halogens is 1. The highest BCUT2D eigenvalue weighted by Crippen LogP contribution is 2.39. The Hall–Kier alpha value is -2.78. The Kier molecular flexibility index (Phi) is 7.17. The molecule has 156 valence electrons. The van der Waals surface area contributed by atoms with Crippen molar-refractivity contribution in [2.75, 3.05) is 13.2 Å². The minimum Gasteiger partial charge on any atom is -0.490 e. The first kappa shape index (κ1) is 21.9. The van der Waals surface area contributed by atoms with Crippen LogP contribution < -0.4 is 9.47 Å². The fraction of sp³-hybridized carbons (Fsp3) is 0.190. The highest BCUT2D eigenvalue weighted by atomic mass is 79.9. The summed E-state index contributed by atoms with van der Waals surface area (Å²) in [5.41, 5.74) is 1.61. The zero-order valence-corrected chi connectivity index (χ0v) is 18.4. The van der Waals surface area contributed by atoms with Gasteiger partial charge >= 0.3 is 5.97 Å². The molecular weight excluding hydrogens is 474 g/mol. The van der Waals surface area contributed by atoms with Gasteiger partial charge in [-0.05, 0) is 64.0 Å². The van der Waals surface area contributed by atoms with Crippen LogP contribution in [-0.2, 0) is 16.2 Å². The van der Waals surface area contributed by atoms with Gasteiger partial charge in [0.1, 0.15) is 13.2 Å². The molecule has 1 aliphatic rings. The van der Waals surface area contributed by atoms with E-state index in [1.54, 1.807) is 12.1 Å². The van der Waals surface area contributed by atoms with Crippen molar-refractivity contribution >= 4 is 50.9 Å². The second kappa shape index (κ2) is 9.82. The van der Waals surface area contributed by atoms with Gasteiger partial charge in [-0.1, -0.05) is 30.3 Å². The number of ether oxygens (including phenoxy) is 2. The molecule has 2 aromatic rings. The summed E-state index contributed by atoms with van der Waals surface area (Å²) >= 11 is 4.18. The van der Waals surface area contributed by atoms with E-state index in [4.69, 9.17) is 14.6 Å². The van der Waals surface area contributed by atoms with Crippen molar-refractivity contribution in [2.24, 2.45) is 0 Å². The van der Waals surface area contributed by atoms with E-state index in [0.29, 0.717) is 51.4 Å². The van der Waals surface area contributed by atoms with Crippen LogP contribution in [0.15, 0.2) is 51.8 Å². The van der Waals surface area contributed by atoms with Crippen molar-refractivity contribution in [1.82, 2.24) is 4.90 Å². The summed E-state index contributed by atoms with van der Waals surface area (Å²) in [5, 5.41) is 8.26. The van der Waals surface area contributed by atoms with Gasteiger partial charge in [0.25, 0.3) is 11.1 Å². The quantitative estimate of drug-likeness (QED) is 0.541. The zero-order chi connectivity index (χ0) is 21.7. The van der Waals surface area contributed by atoms with Crippen molar-refractivity contribution in [3.8, 4) is 11.5 Å². The summed E-state index contributed by atoms with van der Waals surface area (Å²) in [7, 11) is 0. The lowest BCUT2D eigenvalue weighted by molar-refractivity contribution is -0.140. The first-order valence-electron chi connectivity index (χ1n) is 8.99. The Balaban J connectivity index is 1.86. The number of carbonyl (C=O) groups excluding carboxylic acids is 2. The number of carboxylic acids is 1. The van der Waals surface area contributed by atoms with Gasteiger partial charge in [-0.2, -0.15) is 0 Å². The first-order chi connectivity index (χ1) is 14.4. The standard InChI is InChI=1S/C21H18BrNO6S/c1-2-28-16-9-14(10-17-20(26)23(11-18(24)25)21(27)30-17)8-15(22)19(16)29-12-13-6-4-3-5-7-13/h3-10H,2,11-12H2,1H3,(H,24,25)/b17-10+. The molecule has 0 unspecified atom stereocenters. The number of hydrogen-bond acceptors (Lipinski definition) is 6. The number of nitrogens with zero attached hydrogens (tertiary/aromatic N) is 1. The maximum Gasteiger partial charge on any atom is 0.323 e. The van der Waals surface area contributed by atoms with Crippen LogP contribution in [0, 0.1) is 0 Å². The topological polar surface area (TPSA) is 93.1 Å². The van der Waals surface area contributed by atoms with E-state index >= 15 is 0 Å². The average molecular weight is 492 g/mol. The molecule has 7 nitrogen and oxygen atoms in total. The molecule has 0 radical (unpaired) electrons. The van der Waals surface area contributed by atoms with Crippen LogP contribution in [0.25, 0.3) is 6.08 Å². The number of rotatable bonds is 8. The molecule has 0 saturated carbocycles. The fourth-order valence-electron chi connectivity index (χ4n) is 2.73. The minimum absolute atomic E-state index is 0.147. The Bertz CT molecular complexity index is 1010. The van der Waals surface area contributed by atoms with Gasteiger partial charge in [0.15, 0.2) is 11.5 Å². The van der Waals surface area contributed by atoms with E-state index in [0.717, 1.165) is 5.56 Å². The molecule has 1 fully saturated rings. The van der Waals surface area contributed by atoms with Crippen LogP contribution in [0.4, 0.5) is 4.79 Å². The number of carbonyl (C=O) groups is 3. The van der Waals surface area contributed by atoms with Crippen LogP contribution in [0.1, 0.15) is 18.1 Å². The second-order valence-corrected chi connectivity index (χ2v) is 8.05. The summed E-state index contributed by atoms with van der Waals surface area (Å²) in [4.78, 5) is 36.0. The molecule has 0 spiro atoms. The predicted molar refractivity (Wildman–Crippen MR) is 116 cm³/mol. The third kappa shape index (κ3) is 5.22. The highest BCUT2D eigenvalue weighted by molar-refractivity contribution is 9.10. The van der Waals surface area contributed by atoms with Crippen LogP contribution in [0.5, 0.6) is 11.5 Å². The molecule has 1 saturated heterocycles. The Morgan fingerprint density at radius 1 is 1.20 bits per heavy atom. The number of thioether (sulfide) groups is 1. The van der Waals surface area contributed by atoms with Gasteiger partial charge in [0.2, 0.25) is 0 Å². The molecule has 30 heavy (non-hydrogen) atoms. The highest BCUT2D eigenvalue weighted by Gasteiger charge is 2.36. The normalized spacial score (nSPS) is 15.0. The van der Waals surface area contributed by atoms with Gasteiger partial charge in [-0.25, -0.2) is 0 Å². The predicted octanol–water partition coefficient (Wildman–Crippen LogP) is 4.55. The largest absolute Gasteiger partial charge is 0.490 e. The second-order valence-electron chi connectivity index (χ2n) is 6.20. The molecule has 0 aromatic heterocycles. The molecule has 3 rings (SSSR count). The van der Waals surface area contributed by atoms with Crippen molar-refractivity contribution in [3.05, 3.63) is 63.0 Å². The lowest BCUT2D eigenvalue weighted by atomic mass is 10.1. The minimum atomic E-state index is -1.25. The number of benzene rings is 2. The summed E-state index contributed by atoms with van der Waals surface area (Å²) in [6, 6.07) is 13.1. The summed E-state index contributed by atoms with van der Waals surface area (Å²) in [5.74, 6) is -0.874. The molecule has 0 atom stereocenters. The molecular formula is C21H18BrNO6S. The molecule has 1 aliphatic heterocycles. The average Bonchev–Trinajstić information content (AvgIpc) is 2.95. The van der Waals surface area contributed by atoms with Crippen molar-refractivity contribution in [2.45, 2.75) is 13.5 Å². The van der Waals surface area contributed by atoms with Gasteiger partial charge in [0, 0.05) is 0 Å². The maximum absolute atomic E-state index is 12.4. The fourth-order valence-corrected chi connectivity index (χ4v) is 4.14. The number of imide groups is 1. The van der Waals surface area contributed by atoms with Crippen LogP contribution in [0.3, 0.4) is 0 Å². The molecule has 2 amide bonds. The van der Waals surface area contributed by atoms with Gasteiger partial charge in [-0.3, -0.25) is 19.3 Å². The Labute approximate surface area is 185 Å². The smallest absolute Gasteiger partial charge is 0.323 e.